The van der Waals surface area contributed by atoms with Crippen LogP contribution in [-0.2, 0) is 12.8 Å². The largest absolute Gasteiger partial charge is 0.388 e. The Kier molecular flexibility index (Phi) is 11.0. The molecule has 0 unspecified atom stereocenters. The van der Waals surface area contributed by atoms with Gasteiger partial charge in [-0.1, -0.05) is 51.4 Å². The van der Waals surface area contributed by atoms with Gasteiger partial charge in [-0.15, -0.1) is 0 Å². The molecule has 150 valence electrons. The number of aliphatic hydroxyl groups is 1. The summed E-state index contributed by atoms with van der Waals surface area (Å²) in [6, 6.07) is 12.9. The van der Waals surface area contributed by atoms with Crippen LogP contribution >= 0.6 is 57.1 Å². The lowest BCUT2D eigenvalue weighted by atomic mass is 9.88. The van der Waals surface area contributed by atoms with Crippen LogP contribution in [0.15, 0.2) is 45.3 Å². The van der Waals surface area contributed by atoms with Gasteiger partial charge in [-0.3, -0.25) is 0 Å². The van der Waals surface area contributed by atoms with Crippen molar-refractivity contribution >= 4 is 57.1 Å². The minimum absolute atomic E-state index is 0. The molecule has 0 aromatic heterocycles. The molecule has 0 fully saturated rings. The maximum absolute atomic E-state index is 9.66. The van der Waals surface area contributed by atoms with Crippen molar-refractivity contribution in [3.63, 3.8) is 0 Å². The molecule has 2 N–H and O–H groups in total. The molecule has 2 nitrogen and oxygen atoms in total. The van der Waals surface area contributed by atoms with E-state index in [4.69, 9.17) is 11.8 Å². The molecule has 0 spiro atoms. The van der Waals surface area contributed by atoms with Gasteiger partial charge in [-0.05, 0) is 96.8 Å². The van der Waals surface area contributed by atoms with Crippen molar-refractivity contribution < 1.29 is 5.11 Å². The predicted molar refractivity (Wildman–Crippen MR) is 128 cm³/mol. The molecule has 0 radical (unpaired) electrons. The van der Waals surface area contributed by atoms with Crippen molar-refractivity contribution in [2.45, 2.75) is 58.1 Å². The highest BCUT2D eigenvalue weighted by Crippen LogP contribution is 2.32. The molecule has 0 saturated heterocycles. The second-order valence-electron chi connectivity index (χ2n) is 6.65. The third-order valence-electron chi connectivity index (χ3n) is 4.94. The molecule has 2 aliphatic carbocycles. The van der Waals surface area contributed by atoms with Crippen molar-refractivity contribution in [1.29, 1.82) is 0 Å². The van der Waals surface area contributed by atoms with Crippen molar-refractivity contribution in [3.8, 4) is 0 Å². The number of rotatable bonds is 1. The monoisotopic (exact) mass is 535 g/mol. The van der Waals surface area contributed by atoms with E-state index in [0.717, 1.165) is 40.2 Å². The van der Waals surface area contributed by atoms with Crippen molar-refractivity contribution in [2.75, 3.05) is 0 Å². The number of hydrogen-bond donors (Lipinski definition) is 2. The molecule has 0 heterocycles. The molecule has 2 aromatic carbocycles. The summed E-state index contributed by atoms with van der Waals surface area (Å²) in [5, 5.41) is 9.66. The van der Waals surface area contributed by atoms with E-state index in [9.17, 15) is 5.11 Å². The average molecular weight is 538 g/mol. The summed E-state index contributed by atoms with van der Waals surface area (Å²) in [4.78, 5) is 2.84. The van der Waals surface area contributed by atoms with Crippen LogP contribution in [-0.4, -0.2) is 5.11 Å². The molecule has 0 amide bonds. The van der Waals surface area contributed by atoms with Crippen LogP contribution in [0.25, 0.3) is 0 Å². The van der Waals surface area contributed by atoms with Gasteiger partial charge in [0.25, 0.3) is 0 Å². The summed E-state index contributed by atoms with van der Waals surface area (Å²) in [5.41, 5.74) is 5.18. The maximum atomic E-state index is 9.66. The van der Waals surface area contributed by atoms with Gasteiger partial charge in [-0.25, -0.2) is 4.84 Å². The second kappa shape index (κ2) is 11.8. The number of fused-ring (bicyclic) bond motifs is 2. The highest BCUT2D eigenvalue weighted by Gasteiger charge is 2.19. The van der Waals surface area contributed by atoms with E-state index >= 15 is 0 Å². The van der Waals surface area contributed by atoms with E-state index in [1.54, 1.807) is 0 Å². The maximum Gasteiger partial charge on any atom is 0.0793 e. The third-order valence-corrected chi connectivity index (χ3v) is 6.19. The Bertz CT molecular complexity index is 744. The zero-order valence-electron chi connectivity index (χ0n) is 14.4. The standard InChI is InChI=1S/C10H11BrClN.C10H11BrO.CH4.H2S/c11-8-5-4-7-2-1-3-10(13-12)9(7)6-8;11-8-5-4-7-2-1-3-10(12)9(7)6-8;;/h4-6,10,13H,1-3H2;4-6,10,12H,1-3H2;1H4;1H2/t2*10-;;/m01../s1. The Morgan fingerprint density at radius 2 is 1.41 bits per heavy atom. The zero-order valence-corrected chi connectivity index (χ0v) is 19.4. The van der Waals surface area contributed by atoms with Crippen LogP contribution in [0.2, 0.25) is 0 Å². The van der Waals surface area contributed by atoms with Gasteiger partial charge in [0.15, 0.2) is 0 Å². The first kappa shape index (κ1) is 25.0. The fourth-order valence-electron chi connectivity index (χ4n) is 3.63. The number of halogens is 3. The molecular weight excluding hydrogens is 510 g/mol. The van der Waals surface area contributed by atoms with Gasteiger partial charge in [0.1, 0.15) is 0 Å². The first-order valence-electron chi connectivity index (χ1n) is 8.69. The first-order chi connectivity index (χ1) is 12.1. The summed E-state index contributed by atoms with van der Waals surface area (Å²) in [7, 11) is 0. The Balaban J connectivity index is 0.000000252. The topological polar surface area (TPSA) is 32.3 Å². The molecule has 0 bridgehead atoms. The highest BCUT2D eigenvalue weighted by molar-refractivity contribution is 9.10. The van der Waals surface area contributed by atoms with Gasteiger partial charge in [0.05, 0.1) is 6.10 Å². The molecule has 6 heteroatoms. The number of nitrogens with one attached hydrogen (secondary N) is 1. The van der Waals surface area contributed by atoms with Gasteiger partial charge < -0.3 is 5.11 Å². The molecule has 2 atom stereocenters. The van der Waals surface area contributed by atoms with Crippen LogP contribution in [0.1, 0.15) is 67.5 Å². The molecule has 0 saturated carbocycles. The SMILES string of the molecule is C.ClN[C@H]1CCCc2ccc(Br)cc21.O[C@@H]1CCCc2ccc(Br)cc21.S. The minimum Gasteiger partial charge on any atom is -0.388 e. The van der Waals surface area contributed by atoms with E-state index < -0.39 is 0 Å². The average Bonchev–Trinajstić information content (AvgIpc) is 2.62. The number of aliphatic hydroxyl groups excluding tert-OH is 1. The highest BCUT2D eigenvalue weighted by atomic mass is 79.9. The molecule has 0 aliphatic heterocycles. The summed E-state index contributed by atoms with van der Waals surface area (Å²) < 4.78 is 2.19. The van der Waals surface area contributed by atoms with Crippen molar-refractivity contribution in [2.24, 2.45) is 0 Å². The Hall–Kier alpha value is -0.0400. The van der Waals surface area contributed by atoms with E-state index in [1.165, 1.54) is 29.5 Å². The van der Waals surface area contributed by atoms with Crippen LogP contribution < -0.4 is 4.84 Å². The lowest BCUT2D eigenvalue weighted by Gasteiger charge is -2.24. The van der Waals surface area contributed by atoms with Gasteiger partial charge in [-0.2, -0.15) is 13.5 Å². The predicted octanol–water partition coefficient (Wildman–Crippen LogP) is 7.14. The number of aryl methyl sites for hydroxylation is 2. The number of benzene rings is 2. The fourth-order valence-corrected chi connectivity index (χ4v) is 4.61. The zero-order chi connectivity index (χ0) is 17.8. The summed E-state index contributed by atoms with van der Waals surface area (Å²) in [5.74, 6) is 0. The fraction of sp³-hybridized carbons (Fsp3) is 0.429. The summed E-state index contributed by atoms with van der Waals surface area (Å²) >= 11 is 12.6. The van der Waals surface area contributed by atoms with Gasteiger partial charge in [0, 0.05) is 15.0 Å². The molecule has 2 aromatic rings. The smallest absolute Gasteiger partial charge is 0.0793 e. The lowest BCUT2D eigenvalue weighted by Crippen LogP contribution is -2.17. The van der Waals surface area contributed by atoms with Crippen LogP contribution in [0.4, 0.5) is 0 Å². The van der Waals surface area contributed by atoms with Crippen LogP contribution in [0.5, 0.6) is 0 Å². The Morgan fingerprint density at radius 3 is 2.00 bits per heavy atom. The minimum atomic E-state index is -0.244. The normalized spacial score (nSPS) is 20.0. The number of hydrogen-bond acceptors (Lipinski definition) is 2. The van der Waals surface area contributed by atoms with Crippen LogP contribution in [0, 0.1) is 0 Å². The van der Waals surface area contributed by atoms with Gasteiger partial charge in [0.2, 0.25) is 0 Å². The molecule has 2 aliphatic rings. The Labute approximate surface area is 191 Å². The quantitative estimate of drug-likeness (QED) is 0.379. The van der Waals surface area contributed by atoms with Gasteiger partial charge >= 0.3 is 0 Å². The summed E-state index contributed by atoms with van der Waals surface area (Å²) in [6.45, 7) is 0. The first-order valence-corrected chi connectivity index (χ1v) is 10.7. The molecular formula is C21H28Br2ClNOS. The van der Waals surface area contributed by atoms with E-state index in [2.05, 4.69) is 61.0 Å². The third kappa shape index (κ3) is 6.48. The van der Waals surface area contributed by atoms with Crippen molar-refractivity contribution in [1.82, 2.24) is 4.84 Å². The Morgan fingerprint density at radius 1 is 0.889 bits per heavy atom. The van der Waals surface area contributed by atoms with E-state index in [-0.39, 0.29) is 27.0 Å². The van der Waals surface area contributed by atoms with E-state index in [0.29, 0.717) is 6.04 Å². The summed E-state index contributed by atoms with van der Waals surface area (Å²) in [6.07, 6.45) is 6.41. The lowest BCUT2D eigenvalue weighted by molar-refractivity contribution is 0.156. The molecule has 4 rings (SSSR count). The second-order valence-corrected chi connectivity index (χ2v) is 8.70. The van der Waals surface area contributed by atoms with Crippen LogP contribution in [0.3, 0.4) is 0 Å². The molecule has 27 heavy (non-hydrogen) atoms. The van der Waals surface area contributed by atoms with E-state index in [1.807, 2.05) is 12.1 Å². The van der Waals surface area contributed by atoms with Crippen molar-refractivity contribution in [3.05, 3.63) is 67.6 Å².